The summed E-state index contributed by atoms with van der Waals surface area (Å²) in [6, 6.07) is 8.68. The van der Waals surface area contributed by atoms with Gasteiger partial charge in [-0.2, -0.15) is 0 Å². The quantitative estimate of drug-likeness (QED) is 0.790. The summed E-state index contributed by atoms with van der Waals surface area (Å²) in [4.78, 5) is 22.2. The number of anilines is 1. The molecule has 2 aliphatic heterocycles. The van der Waals surface area contributed by atoms with Gasteiger partial charge in [-0.25, -0.2) is 14.8 Å². The van der Waals surface area contributed by atoms with E-state index in [9.17, 15) is 4.79 Å². The van der Waals surface area contributed by atoms with Gasteiger partial charge in [-0.05, 0) is 35.1 Å². The van der Waals surface area contributed by atoms with Crippen LogP contribution in [0, 0.1) is 5.92 Å². The monoisotopic (exact) mass is 400 g/mol. The highest BCUT2D eigenvalue weighted by Crippen LogP contribution is 2.67. The van der Waals surface area contributed by atoms with E-state index in [1.165, 1.54) is 18.2 Å². The van der Waals surface area contributed by atoms with Crippen molar-refractivity contribution in [3.05, 3.63) is 77.9 Å². The first kappa shape index (κ1) is 18.6. The maximum atomic E-state index is 11.9. The van der Waals surface area contributed by atoms with Crippen LogP contribution in [-0.4, -0.2) is 33.5 Å². The van der Waals surface area contributed by atoms with Crippen molar-refractivity contribution < 1.29 is 9.53 Å². The SMILES string of the molecule is COC(=O)C1=CN2C=C3C(c4ccc(-c5cnc(N)nc5)cc4)(C(C)C)CC32C=C1. The second kappa shape index (κ2) is 6.29. The van der Waals surface area contributed by atoms with Crippen LogP contribution in [0.5, 0.6) is 0 Å². The summed E-state index contributed by atoms with van der Waals surface area (Å²) >= 11 is 0. The molecule has 0 bridgehead atoms. The van der Waals surface area contributed by atoms with Crippen LogP contribution < -0.4 is 5.73 Å². The molecule has 30 heavy (non-hydrogen) atoms. The largest absolute Gasteiger partial charge is 0.465 e. The van der Waals surface area contributed by atoms with Gasteiger partial charge in [0.15, 0.2) is 0 Å². The topological polar surface area (TPSA) is 81.3 Å². The van der Waals surface area contributed by atoms with E-state index in [-0.39, 0.29) is 22.9 Å². The molecule has 2 aromatic rings. The standard InChI is InChI=1S/C24H24N4O2/c1-15(2)24(19-6-4-16(5-7-19)18-10-26-22(25)27-11-18)14-23-9-8-17(21(29)30-3)12-28(23)13-20(23)24/h4-13,15H,14H2,1-3H3,(H2,25,26,27). The van der Waals surface area contributed by atoms with E-state index >= 15 is 0 Å². The minimum Gasteiger partial charge on any atom is -0.465 e. The first-order chi connectivity index (χ1) is 14.4. The summed E-state index contributed by atoms with van der Waals surface area (Å²) in [6.45, 7) is 4.56. The van der Waals surface area contributed by atoms with E-state index in [1.807, 2.05) is 12.3 Å². The number of ether oxygens (including phenoxy) is 1. The zero-order valence-corrected chi connectivity index (χ0v) is 17.3. The van der Waals surface area contributed by atoms with E-state index in [0.717, 1.165) is 17.5 Å². The molecule has 2 N–H and O–H groups in total. The Kier molecular flexibility index (Phi) is 3.90. The van der Waals surface area contributed by atoms with E-state index in [0.29, 0.717) is 11.5 Å². The fourth-order valence-corrected chi connectivity index (χ4v) is 5.14. The maximum Gasteiger partial charge on any atom is 0.339 e. The lowest BCUT2D eigenvalue weighted by Crippen LogP contribution is -2.70. The molecule has 6 nitrogen and oxygen atoms in total. The summed E-state index contributed by atoms with van der Waals surface area (Å²) in [5.41, 5.74) is 10.8. The smallest absolute Gasteiger partial charge is 0.339 e. The maximum absolute atomic E-state index is 11.9. The van der Waals surface area contributed by atoms with Crippen molar-refractivity contribution in [3.63, 3.8) is 0 Å². The fourth-order valence-electron chi connectivity index (χ4n) is 5.14. The Bertz CT molecular complexity index is 1110. The van der Waals surface area contributed by atoms with Crippen molar-refractivity contribution in [1.82, 2.24) is 14.9 Å². The predicted octanol–water partition coefficient (Wildman–Crippen LogP) is 3.59. The summed E-state index contributed by atoms with van der Waals surface area (Å²) in [7, 11) is 1.41. The van der Waals surface area contributed by atoms with Crippen molar-refractivity contribution in [2.45, 2.75) is 31.2 Å². The molecule has 1 aromatic heterocycles. The number of aromatic nitrogens is 2. The first-order valence-electron chi connectivity index (χ1n) is 10.1. The van der Waals surface area contributed by atoms with Crippen LogP contribution in [0.4, 0.5) is 5.95 Å². The number of carbonyl (C=O) groups is 1. The van der Waals surface area contributed by atoms with E-state index in [1.54, 1.807) is 12.4 Å². The summed E-state index contributed by atoms with van der Waals surface area (Å²) in [5, 5.41) is 0. The van der Waals surface area contributed by atoms with Gasteiger partial charge in [0, 0.05) is 35.8 Å². The average Bonchev–Trinajstić information content (AvgIpc) is 2.75. The molecule has 1 fully saturated rings. The predicted molar refractivity (Wildman–Crippen MR) is 115 cm³/mol. The van der Waals surface area contributed by atoms with Crippen LogP contribution in [-0.2, 0) is 14.9 Å². The molecule has 0 radical (unpaired) electrons. The minimum absolute atomic E-state index is 0.00635. The molecule has 2 atom stereocenters. The van der Waals surface area contributed by atoms with Crippen molar-refractivity contribution >= 4 is 11.9 Å². The van der Waals surface area contributed by atoms with Crippen molar-refractivity contribution in [2.75, 3.05) is 12.8 Å². The second-order valence-corrected chi connectivity index (χ2v) is 8.49. The third-order valence-electron chi connectivity index (χ3n) is 6.85. The molecule has 3 heterocycles. The number of nitrogens with zero attached hydrogens (tertiary/aromatic N) is 3. The summed E-state index contributed by atoms with van der Waals surface area (Å²) in [5.74, 6) is 0.418. The molecular formula is C24H24N4O2. The molecule has 0 amide bonds. The molecule has 0 saturated heterocycles. The van der Waals surface area contributed by atoms with Crippen LogP contribution in [0.1, 0.15) is 25.8 Å². The Hall–Kier alpha value is -3.41. The van der Waals surface area contributed by atoms with Gasteiger partial charge in [-0.1, -0.05) is 44.2 Å². The molecule has 152 valence electrons. The Morgan fingerprint density at radius 1 is 1.13 bits per heavy atom. The number of rotatable bonds is 4. The lowest BCUT2D eigenvalue weighted by molar-refractivity contribution is -0.135. The molecule has 1 saturated carbocycles. The lowest BCUT2D eigenvalue weighted by atomic mass is 9.43. The Labute approximate surface area is 175 Å². The van der Waals surface area contributed by atoms with E-state index < -0.39 is 0 Å². The molecule has 2 unspecified atom stereocenters. The number of methoxy groups -OCH3 is 1. The van der Waals surface area contributed by atoms with Gasteiger partial charge in [0.05, 0.1) is 18.2 Å². The van der Waals surface area contributed by atoms with Crippen LogP contribution in [0.25, 0.3) is 11.1 Å². The molecule has 1 spiro atoms. The Morgan fingerprint density at radius 3 is 2.40 bits per heavy atom. The van der Waals surface area contributed by atoms with Crippen molar-refractivity contribution in [1.29, 1.82) is 0 Å². The van der Waals surface area contributed by atoms with Crippen LogP contribution in [0.15, 0.2) is 72.4 Å². The summed E-state index contributed by atoms with van der Waals surface area (Å²) in [6.07, 6.45) is 12.6. The van der Waals surface area contributed by atoms with Gasteiger partial charge in [-0.15, -0.1) is 0 Å². The zero-order valence-electron chi connectivity index (χ0n) is 17.3. The molecule has 1 aromatic carbocycles. The molecule has 3 aliphatic rings. The first-order valence-corrected chi connectivity index (χ1v) is 10.1. The van der Waals surface area contributed by atoms with Gasteiger partial charge in [0.2, 0.25) is 5.95 Å². The third-order valence-corrected chi connectivity index (χ3v) is 6.85. The van der Waals surface area contributed by atoms with Gasteiger partial charge < -0.3 is 15.4 Å². The third kappa shape index (κ3) is 2.33. The lowest BCUT2D eigenvalue weighted by Gasteiger charge is -2.69. The van der Waals surface area contributed by atoms with Crippen molar-refractivity contribution in [3.8, 4) is 11.1 Å². The van der Waals surface area contributed by atoms with Gasteiger partial charge in [-0.3, -0.25) is 0 Å². The number of hydrogen-bond donors (Lipinski definition) is 1. The van der Waals surface area contributed by atoms with E-state index in [4.69, 9.17) is 10.5 Å². The fraction of sp³-hybridized carbons (Fsp3) is 0.292. The average molecular weight is 400 g/mol. The second-order valence-electron chi connectivity index (χ2n) is 8.49. The van der Waals surface area contributed by atoms with E-state index in [2.05, 4.69) is 65.3 Å². The number of esters is 1. The molecule has 6 heteroatoms. The Morgan fingerprint density at radius 2 is 1.83 bits per heavy atom. The van der Waals surface area contributed by atoms with Crippen LogP contribution in [0.3, 0.4) is 0 Å². The number of benzene rings is 1. The Balaban J connectivity index is 1.47. The number of hydrogen-bond acceptors (Lipinski definition) is 6. The van der Waals surface area contributed by atoms with Crippen molar-refractivity contribution in [2.24, 2.45) is 5.92 Å². The van der Waals surface area contributed by atoms with Crippen LogP contribution in [0.2, 0.25) is 0 Å². The number of carbonyl (C=O) groups excluding carboxylic acids is 1. The number of nitrogen functional groups attached to an aromatic ring is 1. The highest BCUT2D eigenvalue weighted by atomic mass is 16.5. The molecule has 5 rings (SSSR count). The number of nitrogens with two attached hydrogens (primary N) is 1. The molecule has 1 aliphatic carbocycles. The zero-order chi connectivity index (χ0) is 21.1. The van der Waals surface area contributed by atoms with Crippen LogP contribution >= 0.6 is 0 Å². The minimum atomic E-state index is -0.306. The van der Waals surface area contributed by atoms with Gasteiger partial charge >= 0.3 is 5.97 Å². The molecular weight excluding hydrogens is 376 g/mol. The van der Waals surface area contributed by atoms with Gasteiger partial charge in [0.1, 0.15) is 0 Å². The van der Waals surface area contributed by atoms with Gasteiger partial charge in [0.25, 0.3) is 0 Å². The highest BCUT2D eigenvalue weighted by Gasteiger charge is 2.67. The normalized spacial score (nSPS) is 26.1. The highest BCUT2D eigenvalue weighted by molar-refractivity contribution is 5.92. The summed E-state index contributed by atoms with van der Waals surface area (Å²) < 4.78 is 4.86.